The SMILES string of the molecule is CCC(Sc1cccc(NC(=O)/C(=C\c2ccc(C(C)C)cc2)NC(=O)c2ccccc2)c1)C(=O)Nc1sc2c(c1C(=O)OC)CCCCC2. The van der Waals surface area contributed by atoms with Crippen LogP contribution in [-0.2, 0) is 27.2 Å². The highest BCUT2D eigenvalue weighted by Crippen LogP contribution is 2.39. The van der Waals surface area contributed by atoms with Crippen LogP contribution in [0.1, 0.15) is 94.7 Å². The lowest BCUT2D eigenvalue weighted by Crippen LogP contribution is -2.30. The number of aryl methyl sites for hydroxylation is 1. The maximum atomic E-state index is 13.7. The van der Waals surface area contributed by atoms with Crippen LogP contribution < -0.4 is 16.0 Å². The molecule has 260 valence electrons. The van der Waals surface area contributed by atoms with Gasteiger partial charge in [-0.1, -0.05) is 75.7 Å². The van der Waals surface area contributed by atoms with Gasteiger partial charge in [0.05, 0.1) is 17.9 Å². The number of rotatable bonds is 12. The predicted molar refractivity (Wildman–Crippen MR) is 203 cm³/mol. The smallest absolute Gasteiger partial charge is 0.341 e. The summed E-state index contributed by atoms with van der Waals surface area (Å²) in [6, 6.07) is 23.9. The van der Waals surface area contributed by atoms with Crippen molar-refractivity contribution in [3.63, 3.8) is 0 Å². The highest BCUT2D eigenvalue weighted by Gasteiger charge is 2.28. The maximum absolute atomic E-state index is 13.7. The number of hydrogen-bond donors (Lipinski definition) is 3. The third-order valence-electron chi connectivity index (χ3n) is 8.52. The number of benzene rings is 3. The Morgan fingerprint density at radius 2 is 1.64 bits per heavy atom. The fourth-order valence-electron chi connectivity index (χ4n) is 5.76. The molecule has 0 aliphatic heterocycles. The Morgan fingerprint density at radius 3 is 2.34 bits per heavy atom. The molecule has 1 heterocycles. The van der Waals surface area contributed by atoms with Crippen LogP contribution in [0.4, 0.5) is 10.7 Å². The number of fused-ring (bicyclic) bond motifs is 1. The normalized spacial score (nSPS) is 13.5. The molecule has 0 saturated carbocycles. The first-order valence-electron chi connectivity index (χ1n) is 17.0. The van der Waals surface area contributed by atoms with Crippen molar-refractivity contribution in [3.8, 4) is 0 Å². The van der Waals surface area contributed by atoms with Crippen molar-refractivity contribution < 1.29 is 23.9 Å². The van der Waals surface area contributed by atoms with Gasteiger partial charge >= 0.3 is 5.97 Å². The summed E-state index contributed by atoms with van der Waals surface area (Å²) in [6.45, 7) is 6.17. The fourth-order valence-corrected chi connectivity index (χ4v) is 8.05. The number of anilines is 2. The van der Waals surface area contributed by atoms with Crippen LogP contribution in [0.5, 0.6) is 0 Å². The van der Waals surface area contributed by atoms with E-state index in [1.807, 2.05) is 49.4 Å². The van der Waals surface area contributed by atoms with E-state index in [2.05, 4.69) is 29.8 Å². The number of ether oxygens (including phenoxy) is 1. The van der Waals surface area contributed by atoms with Gasteiger partial charge < -0.3 is 20.7 Å². The largest absolute Gasteiger partial charge is 0.465 e. The van der Waals surface area contributed by atoms with E-state index in [9.17, 15) is 19.2 Å². The van der Waals surface area contributed by atoms with Gasteiger partial charge in [0.1, 0.15) is 10.7 Å². The molecule has 0 bridgehead atoms. The Hall–Kier alpha value is -4.67. The summed E-state index contributed by atoms with van der Waals surface area (Å²) in [5.74, 6) is -1.15. The number of hydrogen-bond acceptors (Lipinski definition) is 7. The van der Waals surface area contributed by atoms with Gasteiger partial charge in [-0.05, 0) is 91.1 Å². The molecule has 8 nitrogen and oxygen atoms in total. The molecule has 5 rings (SSSR count). The molecule has 1 aromatic heterocycles. The van der Waals surface area contributed by atoms with Gasteiger partial charge in [0.25, 0.3) is 11.8 Å². The topological polar surface area (TPSA) is 114 Å². The van der Waals surface area contributed by atoms with Crippen LogP contribution in [0.25, 0.3) is 6.08 Å². The number of esters is 1. The Balaban J connectivity index is 1.32. The predicted octanol–water partition coefficient (Wildman–Crippen LogP) is 8.85. The number of thioether (sulfide) groups is 1. The second-order valence-corrected chi connectivity index (χ2v) is 14.8. The molecule has 1 aliphatic carbocycles. The van der Waals surface area contributed by atoms with Crippen LogP contribution in [-0.4, -0.2) is 36.1 Å². The Bertz CT molecular complexity index is 1870. The summed E-state index contributed by atoms with van der Waals surface area (Å²) in [7, 11) is 1.37. The molecule has 3 N–H and O–H groups in total. The average molecular weight is 710 g/mol. The minimum absolute atomic E-state index is 0.0933. The summed E-state index contributed by atoms with van der Waals surface area (Å²) in [5, 5.41) is 8.85. The van der Waals surface area contributed by atoms with Crippen LogP contribution in [0.15, 0.2) is 89.5 Å². The van der Waals surface area contributed by atoms with E-state index in [0.29, 0.717) is 34.2 Å². The van der Waals surface area contributed by atoms with E-state index in [1.165, 1.54) is 35.8 Å². The van der Waals surface area contributed by atoms with E-state index in [1.54, 1.807) is 42.5 Å². The summed E-state index contributed by atoms with van der Waals surface area (Å²) in [6.07, 6.45) is 7.07. The number of thiophene rings is 1. The molecule has 3 aromatic carbocycles. The van der Waals surface area contributed by atoms with Crippen molar-refractivity contribution >= 4 is 63.6 Å². The van der Waals surface area contributed by atoms with Crippen LogP contribution in [0.2, 0.25) is 0 Å². The molecule has 1 atom stereocenters. The lowest BCUT2D eigenvalue weighted by Gasteiger charge is -2.16. The highest BCUT2D eigenvalue weighted by atomic mass is 32.2. The van der Waals surface area contributed by atoms with E-state index in [0.717, 1.165) is 53.0 Å². The van der Waals surface area contributed by atoms with E-state index in [-0.39, 0.29) is 11.6 Å². The lowest BCUT2D eigenvalue weighted by molar-refractivity contribution is -0.116. The molecule has 4 aromatic rings. The maximum Gasteiger partial charge on any atom is 0.341 e. The van der Waals surface area contributed by atoms with Crippen LogP contribution in [0, 0.1) is 0 Å². The fraction of sp³-hybridized carbons (Fsp3) is 0.300. The minimum atomic E-state index is -0.484. The molecular weight excluding hydrogens is 667 g/mol. The summed E-state index contributed by atoms with van der Waals surface area (Å²) in [4.78, 5) is 55.1. The first-order valence-corrected chi connectivity index (χ1v) is 18.7. The van der Waals surface area contributed by atoms with Crippen molar-refractivity contribution in [1.82, 2.24) is 5.32 Å². The minimum Gasteiger partial charge on any atom is -0.465 e. The van der Waals surface area contributed by atoms with Crippen molar-refractivity contribution in [1.29, 1.82) is 0 Å². The number of carbonyl (C=O) groups excluding carboxylic acids is 4. The zero-order valence-electron chi connectivity index (χ0n) is 28.8. The van der Waals surface area contributed by atoms with Crippen molar-refractivity contribution in [2.24, 2.45) is 0 Å². The zero-order valence-corrected chi connectivity index (χ0v) is 30.5. The molecule has 0 saturated heterocycles. The number of nitrogens with one attached hydrogen (secondary N) is 3. The average Bonchev–Trinajstić information content (AvgIpc) is 3.29. The molecule has 1 aliphatic rings. The third kappa shape index (κ3) is 9.31. The molecule has 50 heavy (non-hydrogen) atoms. The highest BCUT2D eigenvalue weighted by molar-refractivity contribution is 8.00. The number of methoxy groups -OCH3 is 1. The van der Waals surface area contributed by atoms with Crippen molar-refractivity contribution in [2.75, 3.05) is 17.7 Å². The summed E-state index contributed by atoms with van der Waals surface area (Å²) < 4.78 is 5.11. The lowest BCUT2D eigenvalue weighted by atomic mass is 10.0. The Labute approximate surface area is 302 Å². The zero-order chi connectivity index (χ0) is 35.6. The Morgan fingerprint density at radius 1 is 0.900 bits per heavy atom. The third-order valence-corrected chi connectivity index (χ3v) is 11.1. The Kier molecular flexibility index (Phi) is 12.7. The molecule has 0 radical (unpaired) electrons. The van der Waals surface area contributed by atoms with Gasteiger partial charge in [-0.25, -0.2) is 4.79 Å². The van der Waals surface area contributed by atoms with Gasteiger partial charge in [0.2, 0.25) is 5.91 Å². The van der Waals surface area contributed by atoms with E-state index < -0.39 is 23.0 Å². The standard InChI is InChI=1S/C40H43N3O5S2/c1-5-33(38(46)43-39-35(40(47)48-4)31-17-10-7-11-18-34(31)50-39)49-30-16-12-15-29(24-30)41-37(45)32(42-36(44)28-13-8-6-9-14-28)23-26-19-21-27(22-20-26)25(2)3/h6,8-9,12-16,19-25,33H,5,7,10-11,17-18H2,1-4H3,(H,41,45)(H,42,44)(H,43,46)/b32-23+. The second kappa shape index (κ2) is 17.3. The quantitative estimate of drug-likeness (QED) is 0.0587. The van der Waals surface area contributed by atoms with Gasteiger partial charge in [-0.15, -0.1) is 23.1 Å². The van der Waals surface area contributed by atoms with Gasteiger partial charge in [0.15, 0.2) is 0 Å². The van der Waals surface area contributed by atoms with Gasteiger partial charge in [-0.3, -0.25) is 14.4 Å². The van der Waals surface area contributed by atoms with Crippen molar-refractivity contribution in [2.45, 2.75) is 75.4 Å². The number of carbonyl (C=O) groups is 4. The molecule has 10 heteroatoms. The van der Waals surface area contributed by atoms with Crippen LogP contribution in [0.3, 0.4) is 0 Å². The molecule has 3 amide bonds. The molecule has 0 spiro atoms. The van der Waals surface area contributed by atoms with E-state index >= 15 is 0 Å². The van der Waals surface area contributed by atoms with Gasteiger partial charge in [0, 0.05) is 21.0 Å². The monoisotopic (exact) mass is 709 g/mol. The summed E-state index contributed by atoms with van der Waals surface area (Å²) >= 11 is 2.85. The number of amides is 3. The van der Waals surface area contributed by atoms with Crippen LogP contribution >= 0.6 is 23.1 Å². The molecular formula is C40H43N3O5S2. The first kappa shape index (κ1) is 36.6. The second-order valence-electron chi connectivity index (χ2n) is 12.4. The molecule has 1 unspecified atom stereocenters. The summed E-state index contributed by atoms with van der Waals surface area (Å²) in [5.41, 5.74) is 4.46. The molecule has 0 fully saturated rings. The first-order chi connectivity index (χ1) is 24.2. The van der Waals surface area contributed by atoms with Gasteiger partial charge in [-0.2, -0.15) is 0 Å². The van der Waals surface area contributed by atoms with Crippen molar-refractivity contribution in [3.05, 3.63) is 117 Å². The van der Waals surface area contributed by atoms with E-state index in [4.69, 9.17) is 4.74 Å².